The van der Waals surface area contributed by atoms with Crippen molar-refractivity contribution in [3.05, 3.63) is 29.8 Å². The van der Waals surface area contributed by atoms with Crippen LogP contribution in [0.4, 0.5) is 0 Å². The molecule has 1 N–H and O–H groups in total. The largest absolute Gasteiger partial charge is 0.497 e. The van der Waals surface area contributed by atoms with Crippen LogP contribution in [0.5, 0.6) is 5.75 Å². The Balaban J connectivity index is 2.61. The van der Waals surface area contributed by atoms with Crippen molar-refractivity contribution in [3.63, 3.8) is 0 Å². The van der Waals surface area contributed by atoms with Gasteiger partial charge in [-0.25, -0.2) is 0 Å². The molecular weight excluding hydrogens is 232 g/mol. The zero-order chi connectivity index (χ0) is 13.4. The minimum atomic E-state index is -0.271. The summed E-state index contributed by atoms with van der Waals surface area (Å²) < 4.78 is 10.0. The van der Waals surface area contributed by atoms with Gasteiger partial charge in [0.25, 0.3) is 0 Å². The number of ether oxygens (including phenoxy) is 2. The third-order valence-electron chi connectivity index (χ3n) is 2.84. The summed E-state index contributed by atoms with van der Waals surface area (Å²) in [6.45, 7) is 1.90. The minimum Gasteiger partial charge on any atom is -0.497 e. The summed E-state index contributed by atoms with van der Waals surface area (Å²) in [4.78, 5) is 10.7. The Morgan fingerprint density at radius 2 is 1.94 bits per heavy atom. The lowest BCUT2D eigenvalue weighted by atomic mass is 9.93. The number of esters is 1. The normalized spacial score (nSPS) is 11.9. The van der Waals surface area contributed by atoms with E-state index in [1.807, 2.05) is 24.3 Å². The number of benzene rings is 1. The van der Waals surface area contributed by atoms with E-state index in [1.54, 1.807) is 7.11 Å². The predicted molar refractivity (Wildman–Crippen MR) is 68.7 cm³/mol. The van der Waals surface area contributed by atoms with E-state index >= 15 is 0 Å². The lowest BCUT2D eigenvalue weighted by molar-refractivity contribution is -0.141. The smallest absolute Gasteiger partial charge is 0.302 e. The molecule has 0 heterocycles. The minimum absolute atomic E-state index is 0.122. The highest BCUT2D eigenvalue weighted by molar-refractivity contribution is 5.65. The summed E-state index contributed by atoms with van der Waals surface area (Å²) in [6.07, 6.45) is 1.38. The fourth-order valence-corrected chi connectivity index (χ4v) is 1.85. The predicted octanol–water partition coefficient (Wildman–Crippen LogP) is 2.11. The zero-order valence-electron chi connectivity index (χ0n) is 10.9. The second-order valence-electron chi connectivity index (χ2n) is 4.11. The molecule has 0 radical (unpaired) electrons. The van der Waals surface area contributed by atoms with Crippen molar-refractivity contribution in [1.82, 2.24) is 0 Å². The Morgan fingerprint density at radius 3 is 2.44 bits per heavy atom. The molecule has 0 saturated heterocycles. The van der Waals surface area contributed by atoms with Gasteiger partial charge in [0.15, 0.2) is 0 Å². The monoisotopic (exact) mass is 252 g/mol. The van der Waals surface area contributed by atoms with Crippen molar-refractivity contribution in [1.29, 1.82) is 0 Å². The molecule has 1 rings (SSSR count). The summed E-state index contributed by atoms with van der Waals surface area (Å²) >= 11 is 0. The Hall–Kier alpha value is -1.55. The van der Waals surface area contributed by atoms with Crippen molar-refractivity contribution >= 4 is 5.97 Å². The van der Waals surface area contributed by atoms with Crippen LogP contribution in [0.15, 0.2) is 24.3 Å². The first-order valence-corrected chi connectivity index (χ1v) is 6.05. The van der Waals surface area contributed by atoms with Crippen LogP contribution in [-0.4, -0.2) is 31.4 Å². The highest BCUT2D eigenvalue weighted by Crippen LogP contribution is 2.25. The van der Waals surface area contributed by atoms with E-state index in [0.717, 1.165) is 11.3 Å². The number of aliphatic hydroxyl groups is 1. The average Bonchev–Trinajstić information content (AvgIpc) is 2.37. The highest BCUT2D eigenvalue weighted by atomic mass is 16.5. The molecule has 0 saturated carbocycles. The fourth-order valence-electron chi connectivity index (χ4n) is 1.85. The van der Waals surface area contributed by atoms with Gasteiger partial charge in [0.05, 0.1) is 13.7 Å². The molecule has 1 atom stereocenters. The molecule has 0 amide bonds. The second kappa shape index (κ2) is 7.71. The third kappa shape index (κ3) is 4.75. The van der Waals surface area contributed by atoms with Gasteiger partial charge in [0.2, 0.25) is 0 Å². The number of aliphatic hydroxyl groups excluding tert-OH is 1. The van der Waals surface area contributed by atoms with Gasteiger partial charge in [-0.3, -0.25) is 4.79 Å². The van der Waals surface area contributed by atoms with Crippen LogP contribution in [-0.2, 0) is 9.53 Å². The lowest BCUT2D eigenvalue weighted by Gasteiger charge is -2.16. The molecule has 0 spiro atoms. The molecule has 0 aliphatic heterocycles. The Labute approximate surface area is 108 Å². The molecule has 4 heteroatoms. The van der Waals surface area contributed by atoms with Gasteiger partial charge in [0, 0.05) is 13.5 Å². The summed E-state index contributed by atoms with van der Waals surface area (Å²) in [6, 6.07) is 7.75. The van der Waals surface area contributed by atoms with Crippen molar-refractivity contribution < 1.29 is 19.4 Å². The molecule has 0 bridgehead atoms. The maximum absolute atomic E-state index is 10.7. The summed E-state index contributed by atoms with van der Waals surface area (Å²) in [5.74, 6) is 0.731. The van der Waals surface area contributed by atoms with Crippen LogP contribution in [0, 0.1) is 0 Å². The summed E-state index contributed by atoms with van der Waals surface area (Å²) in [5.41, 5.74) is 1.12. The molecule has 100 valence electrons. The second-order valence-corrected chi connectivity index (χ2v) is 4.11. The van der Waals surface area contributed by atoms with Gasteiger partial charge < -0.3 is 14.6 Å². The number of carbonyl (C=O) groups excluding carboxylic acids is 1. The first-order chi connectivity index (χ1) is 8.67. The van der Waals surface area contributed by atoms with Crippen molar-refractivity contribution in [3.8, 4) is 5.75 Å². The van der Waals surface area contributed by atoms with E-state index in [4.69, 9.17) is 14.6 Å². The SMILES string of the molecule is COc1ccc([C@H](CCO)CCOC(C)=O)cc1. The molecule has 0 aliphatic rings. The Bertz CT molecular complexity index is 359. The maximum Gasteiger partial charge on any atom is 0.302 e. The van der Waals surface area contributed by atoms with E-state index in [-0.39, 0.29) is 18.5 Å². The van der Waals surface area contributed by atoms with Crippen molar-refractivity contribution in [2.24, 2.45) is 0 Å². The van der Waals surface area contributed by atoms with Gasteiger partial charge in [-0.05, 0) is 36.5 Å². The molecule has 1 aromatic carbocycles. The zero-order valence-corrected chi connectivity index (χ0v) is 10.9. The molecule has 4 nitrogen and oxygen atoms in total. The van der Waals surface area contributed by atoms with E-state index < -0.39 is 0 Å². The molecule has 0 unspecified atom stereocenters. The average molecular weight is 252 g/mol. The molecule has 0 aromatic heterocycles. The summed E-state index contributed by atoms with van der Waals surface area (Å²) in [5, 5.41) is 9.07. The van der Waals surface area contributed by atoms with Gasteiger partial charge in [-0.15, -0.1) is 0 Å². The van der Waals surface area contributed by atoms with Crippen molar-refractivity contribution in [2.45, 2.75) is 25.7 Å². The van der Waals surface area contributed by atoms with Crippen molar-refractivity contribution in [2.75, 3.05) is 20.3 Å². The van der Waals surface area contributed by atoms with Gasteiger partial charge >= 0.3 is 5.97 Å². The fraction of sp³-hybridized carbons (Fsp3) is 0.500. The van der Waals surface area contributed by atoms with E-state index in [2.05, 4.69) is 0 Å². The van der Waals surface area contributed by atoms with E-state index in [0.29, 0.717) is 19.4 Å². The summed E-state index contributed by atoms with van der Waals surface area (Å²) in [7, 11) is 1.63. The first-order valence-electron chi connectivity index (χ1n) is 6.05. The third-order valence-corrected chi connectivity index (χ3v) is 2.84. The first kappa shape index (κ1) is 14.5. The number of methoxy groups -OCH3 is 1. The van der Waals surface area contributed by atoms with Crippen LogP contribution in [0.1, 0.15) is 31.2 Å². The van der Waals surface area contributed by atoms with Crippen LogP contribution in [0.3, 0.4) is 0 Å². The van der Waals surface area contributed by atoms with E-state index in [1.165, 1.54) is 6.92 Å². The van der Waals surface area contributed by atoms with E-state index in [9.17, 15) is 4.79 Å². The standard InChI is InChI=1S/C14H20O4/c1-11(16)18-10-8-13(7-9-15)12-3-5-14(17-2)6-4-12/h3-6,13,15H,7-10H2,1-2H3/t13-/m1/s1. The number of hydrogen-bond donors (Lipinski definition) is 1. The molecule has 18 heavy (non-hydrogen) atoms. The van der Waals surface area contributed by atoms with Gasteiger partial charge in [0.1, 0.15) is 5.75 Å². The Morgan fingerprint density at radius 1 is 1.28 bits per heavy atom. The van der Waals surface area contributed by atoms with Crippen LogP contribution < -0.4 is 4.74 Å². The maximum atomic E-state index is 10.7. The molecular formula is C14H20O4. The van der Waals surface area contributed by atoms with Crippen LogP contribution in [0.2, 0.25) is 0 Å². The molecule has 1 aromatic rings. The van der Waals surface area contributed by atoms with Crippen LogP contribution in [0.25, 0.3) is 0 Å². The molecule has 0 fully saturated rings. The van der Waals surface area contributed by atoms with Gasteiger partial charge in [-0.2, -0.15) is 0 Å². The number of rotatable bonds is 7. The number of hydrogen-bond acceptors (Lipinski definition) is 4. The lowest BCUT2D eigenvalue weighted by Crippen LogP contribution is -2.08. The molecule has 0 aliphatic carbocycles. The van der Waals surface area contributed by atoms with Gasteiger partial charge in [-0.1, -0.05) is 12.1 Å². The highest BCUT2D eigenvalue weighted by Gasteiger charge is 2.11. The topological polar surface area (TPSA) is 55.8 Å². The quantitative estimate of drug-likeness (QED) is 0.755. The van der Waals surface area contributed by atoms with Crippen LogP contribution >= 0.6 is 0 Å². The Kier molecular flexibility index (Phi) is 6.22. The number of carbonyl (C=O) groups is 1.